The van der Waals surface area contributed by atoms with Crippen LogP contribution in [0, 0.1) is 5.92 Å². The van der Waals surface area contributed by atoms with Crippen LogP contribution in [-0.2, 0) is 10.5 Å². The lowest BCUT2D eigenvalue weighted by Gasteiger charge is -2.22. The molecule has 2 unspecified atom stereocenters. The number of carbonyl (C=O) groups is 2. The number of aliphatic carboxylic acids is 1. The summed E-state index contributed by atoms with van der Waals surface area (Å²) in [6.45, 7) is 2.23. The molecule has 0 bridgehead atoms. The summed E-state index contributed by atoms with van der Waals surface area (Å²) in [5.74, 6) is -0.633. The van der Waals surface area contributed by atoms with Crippen LogP contribution in [0.15, 0.2) is 52.0 Å². The monoisotopic (exact) mass is 345 g/mol. The fourth-order valence-electron chi connectivity index (χ4n) is 3.00. The second-order valence-electron chi connectivity index (χ2n) is 5.85. The number of thioether (sulfide) groups is 1. The fourth-order valence-corrected chi connectivity index (χ4v) is 3.90. The van der Waals surface area contributed by atoms with Gasteiger partial charge in [0, 0.05) is 28.8 Å². The Morgan fingerprint density at radius 3 is 2.71 bits per heavy atom. The molecule has 1 aliphatic heterocycles. The van der Waals surface area contributed by atoms with Crippen LogP contribution in [0.2, 0.25) is 0 Å². The minimum absolute atomic E-state index is 0.222. The first kappa shape index (κ1) is 16.6. The summed E-state index contributed by atoms with van der Waals surface area (Å²) in [4.78, 5) is 26.7. The molecule has 0 saturated carbocycles. The van der Waals surface area contributed by atoms with Crippen molar-refractivity contribution in [2.24, 2.45) is 5.92 Å². The highest BCUT2D eigenvalue weighted by molar-refractivity contribution is 7.98. The molecule has 3 rings (SSSR count). The molecule has 1 N–H and O–H groups in total. The average Bonchev–Trinajstić information content (AvgIpc) is 3.19. The van der Waals surface area contributed by atoms with Gasteiger partial charge in [-0.3, -0.25) is 9.59 Å². The predicted octanol–water partition coefficient (Wildman–Crippen LogP) is 3.51. The van der Waals surface area contributed by atoms with E-state index in [0.29, 0.717) is 24.5 Å². The van der Waals surface area contributed by atoms with E-state index >= 15 is 0 Å². The van der Waals surface area contributed by atoms with E-state index in [9.17, 15) is 14.7 Å². The van der Waals surface area contributed by atoms with Crippen molar-refractivity contribution in [3.63, 3.8) is 0 Å². The number of benzene rings is 1. The quantitative estimate of drug-likeness (QED) is 0.840. The van der Waals surface area contributed by atoms with Gasteiger partial charge >= 0.3 is 5.97 Å². The van der Waals surface area contributed by atoms with Crippen LogP contribution in [0.25, 0.3) is 0 Å². The van der Waals surface area contributed by atoms with Gasteiger partial charge in [0.25, 0.3) is 5.91 Å². The van der Waals surface area contributed by atoms with Gasteiger partial charge in [-0.15, -0.1) is 11.8 Å². The Kier molecular flexibility index (Phi) is 4.94. The summed E-state index contributed by atoms with van der Waals surface area (Å²) >= 11 is 1.63. The zero-order valence-corrected chi connectivity index (χ0v) is 14.2. The standard InChI is InChI=1S/C18H19NO4S/c1-12-15(18(21)22)7-9-19(12)17(20)16-13(8-10-23-16)11-24-14-5-3-2-4-6-14/h2-6,8,10,12,15H,7,9,11H2,1H3,(H,21,22). The molecule has 1 amide bonds. The maximum atomic E-state index is 12.7. The van der Waals surface area contributed by atoms with Gasteiger partial charge in [0.1, 0.15) is 0 Å². The Bertz CT molecular complexity index is 728. The zero-order chi connectivity index (χ0) is 17.1. The van der Waals surface area contributed by atoms with Crippen molar-refractivity contribution in [3.05, 3.63) is 54.0 Å². The summed E-state index contributed by atoms with van der Waals surface area (Å²) in [7, 11) is 0. The second-order valence-corrected chi connectivity index (χ2v) is 6.90. The number of carboxylic acids is 1. The van der Waals surface area contributed by atoms with Crippen molar-refractivity contribution in [2.75, 3.05) is 6.54 Å². The molecule has 0 spiro atoms. The van der Waals surface area contributed by atoms with E-state index in [1.54, 1.807) is 29.7 Å². The summed E-state index contributed by atoms with van der Waals surface area (Å²) in [5.41, 5.74) is 0.833. The highest BCUT2D eigenvalue weighted by Gasteiger charge is 2.39. The van der Waals surface area contributed by atoms with Crippen LogP contribution in [0.1, 0.15) is 29.5 Å². The Morgan fingerprint density at radius 1 is 1.29 bits per heavy atom. The molecule has 5 nitrogen and oxygen atoms in total. The molecule has 2 heterocycles. The van der Waals surface area contributed by atoms with Gasteiger partial charge in [-0.05, 0) is 31.5 Å². The van der Waals surface area contributed by atoms with Gasteiger partial charge in [-0.1, -0.05) is 18.2 Å². The first-order valence-electron chi connectivity index (χ1n) is 7.86. The molecule has 2 atom stereocenters. The van der Waals surface area contributed by atoms with Gasteiger partial charge in [0.05, 0.1) is 12.2 Å². The highest BCUT2D eigenvalue weighted by atomic mass is 32.2. The molecule has 1 fully saturated rings. The molecule has 1 aromatic carbocycles. The minimum Gasteiger partial charge on any atom is -0.481 e. The minimum atomic E-state index is -0.850. The Hall–Kier alpha value is -2.21. The summed E-state index contributed by atoms with van der Waals surface area (Å²) in [5, 5.41) is 9.21. The Balaban J connectivity index is 1.70. The molecule has 2 aromatic rings. The number of carboxylic acid groups (broad SMARTS) is 1. The third-order valence-corrected chi connectivity index (χ3v) is 5.47. The van der Waals surface area contributed by atoms with E-state index in [4.69, 9.17) is 4.42 Å². The topological polar surface area (TPSA) is 70.8 Å². The van der Waals surface area contributed by atoms with E-state index in [1.165, 1.54) is 6.26 Å². The van der Waals surface area contributed by atoms with Gasteiger partial charge in [-0.2, -0.15) is 0 Å². The second kappa shape index (κ2) is 7.13. The van der Waals surface area contributed by atoms with Crippen molar-refractivity contribution in [1.82, 2.24) is 4.90 Å². The number of hydrogen-bond acceptors (Lipinski definition) is 4. The normalized spacial score (nSPS) is 20.3. The van der Waals surface area contributed by atoms with Crippen LogP contribution < -0.4 is 0 Å². The van der Waals surface area contributed by atoms with E-state index in [2.05, 4.69) is 0 Å². The lowest BCUT2D eigenvalue weighted by Crippen LogP contribution is -2.37. The van der Waals surface area contributed by atoms with Crippen molar-refractivity contribution in [2.45, 2.75) is 30.0 Å². The molecular weight excluding hydrogens is 326 g/mol. The van der Waals surface area contributed by atoms with Crippen LogP contribution in [0.3, 0.4) is 0 Å². The van der Waals surface area contributed by atoms with Gasteiger partial charge in [0.15, 0.2) is 5.76 Å². The third-order valence-electron chi connectivity index (χ3n) is 4.41. The van der Waals surface area contributed by atoms with E-state index in [1.807, 2.05) is 30.3 Å². The van der Waals surface area contributed by atoms with Crippen LogP contribution in [0.5, 0.6) is 0 Å². The molecule has 0 aliphatic carbocycles. The number of hydrogen-bond donors (Lipinski definition) is 1. The molecule has 1 aliphatic rings. The predicted molar refractivity (Wildman–Crippen MR) is 91.0 cm³/mol. The molecule has 6 heteroatoms. The molecule has 1 aromatic heterocycles. The molecule has 126 valence electrons. The Labute approximate surface area is 144 Å². The maximum absolute atomic E-state index is 12.7. The number of likely N-dealkylation sites (tertiary alicyclic amines) is 1. The van der Waals surface area contributed by atoms with Crippen LogP contribution in [-0.4, -0.2) is 34.5 Å². The maximum Gasteiger partial charge on any atom is 0.308 e. The van der Waals surface area contributed by atoms with E-state index in [0.717, 1.165) is 10.5 Å². The highest BCUT2D eigenvalue weighted by Crippen LogP contribution is 2.29. The van der Waals surface area contributed by atoms with E-state index < -0.39 is 11.9 Å². The number of amides is 1. The van der Waals surface area contributed by atoms with Crippen molar-refractivity contribution in [3.8, 4) is 0 Å². The number of rotatable bonds is 5. The van der Waals surface area contributed by atoms with Crippen molar-refractivity contribution >= 4 is 23.6 Å². The largest absolute Gasteiger partial charge is 0.481 e. The number of carbonyl (C=O) groups excluding carboxylic acids is 1. The zero-order valence-electron chi connectivity index (χ0n) is 13.3. The van der Waals surface area contributed by atoms with E-state index in [-0.39, 0.29) is 11.9 Å². The summed E-state index contributed by atoms with van der Waals surface area (Å²) in [6.07, 6.45) is 2.00. The summed E-state index contributed by atoms with van der Waals surface area (Å²) in [6, 6.07) is 11.4. The molecule has 24 heavy (non-hydrogen) atoms. The lowest BCUT2D eigenvalue weighted by atomic mass is 10.0. The van der Waals surface area contributed by atoms with Gasteiger partial charge < -0.3 is 14.4 Å². The number of nitrogens with zero attached hydrogens (tertiary/aromatic N) is 1. The van der Waals surface area contributed by atoms with Gasteiger partial charge in [0.2, 0.25) is 0 Å². The third kappa shape index (κ3) is 3.33. The van der Waals surface area contributed by atoms with Crippen LogP contribution in [0.4, 0.5) is 0 Å². The van der Waals surface area contributed by atoms with Crippen LogP contribution >= 0.6 is 11.8 Å². The smallest absolute Gasteiger partial charge is 0.308 e. The fraction of sp³-hybridized carbons (Fsp3) is 0.333. The lowest BCUT2D eigenvalue weighted by molar-refractivity contribution is -0.142. The average molecular weight is 345 g/mol. The van der Waals surface area contributed by atoms with Crippen molar-refractivity contribution in [1.29, 1.82) is 0 Å². The first-order valence-corrected chi connectivity index (χ1v) is 8.84. The first-order chi connectivity index (χ1) is 11.6. The summed E-state index contributed by atoms with van der Waals surface area (Å²) < 4.78 is 5.42. The molecule has 0 radical (unpaired) electrons. The molecule has 1 saturated heterocycles. The van der Waals surface area contributed by atoms with Crippen molar-refractivity contribution < 1.29 is 19.1 Å². The SMILES string of the molecule is CC1C(C(=O)O)CCN1C(=O)c1occc1CSc1ccccc1. The number of furan rings is 1. The van der Waals surface area contributed by atoms with Gasteiger partial charge in [-0.25, -0.2) is 0 Å². The Morgan fingerprint density at radius 2 is 2.04 bits per heavy atom. The molecular formula is C18H19NO4S.